The molecule has 19 heavy (non-hydrogen) atoms. The molecule has 0 bridgehead atoms. The maximum atomic E-state index is 12.1. The highest BCUT2D eigenvalue weighted by Crippen LogP contribution is 2.12. The normalized spacial score (nSPS) is 17.1. The molecule has 1 N–H and O–H groups in total. The van der Waals surface area contributed by atoms with E-state index in [0.29, 0.717) is 12.1 Å². The number of aryl methyl sites for hydroxylation is 1. The average molecular weight is 261 g/mol. The first-order valence-corrected chi connectivity index (χ1v) is 6.50. The van der Waals surface area contributed by atoms with Crippen molar-refractivity contribution in [3.8, 4) is 6.07 Å². The van der Waals surface area contributed by atoms with Gasteiger partial charge < -0.3 is 5.32 Å². The van der Waals surface area contributed by atoms with Gasteiger partial charge in [-0.1, -0.05) is 0 Å². The summed E-state index contributed by atoms with van der Waals surface area (Å²) in [7, 11) is 1.83. The molecule has 1 amide bonds. The second-order valence-electron chi connectivity index (χ2n) is 4.95. The van der Waals surface area contributed by atoms with Crippen molar-refractivity contribution >= 4 is 5.91 Å². The van der Waals surface area contributed by atoms with Gasteiger partial charge >= 0.3 is 0 Å². The topological polar surface area (TPSA) is 74.0 Å². The number of likely N-dealkylation sites (tertiary alicyclic amines) is 1. The fraction of sp³-hybridized carbons (Fsp3) is 0.615. The molecular formula is C13H19N5O. The van der Waals surface area contributed by atoms with Crippen LogP contribution in [0.1, 0.15) is 28.9 Å². The van der Waals surface area contributed by atoms with Crippen LogP contribution in [0.15, 0.2) is 6.20 Å². The number of piperidine rings is 1. The van der Waals surface area contributed by atoms with E-state index in [1.54, 1.807) is 10.9 Å². The van der Waals surface area contributed by atoms with Gasteiger partial charge in [-0.15, -0.1) is 0 Å². The minimum Gasteiger partial charge on any atom is -0.349 e. The Hall–Kier alpha value is -1.87. The molecule has 1 fully saturated rings. The lowest BCUT2D eigenvalue weighted by atomic mass is 10.0. The molecule has 1 aliphatic heterocycles. The van der Waals surface area contributed by atoms with E-state index in [9.17, 15) is 4.79 Å². The maximum absolute atomic E-state index is 12.1. The molecule has 0 spiro atoms. The molecule has 102 valence electrons. The Labute approximate surface area is 113 Å². The van der Waals surface area contributed by atoms with E-state index in [4.69, 9.17) is 5.26 Å². The van der Waals surface area contributed by atoms with Crippen LogP contribution in [-0.2, 0) is 7.05 Å². The van der Waals surface area contributed by atoms with Crippen molar-refractivity contribution in [2.45, 2.75) is 25.8 Å². The maximum Gasteiger partial charge on any atom is 0.254 e. The zero-order chi connectivity index (χ0) is 13.8. The molecule has 6 nitrogen and oxygen atoms in total. The van der Waals surface area contributed by atoms with Crippen molar-refractivity contribution in [1.82, 2.24) is 20.0 Å². The fourth-order valence-electron chi connectivity index (χ4n) is 2.32. The van der Waals surface area contributed by atoms with Crippen LogP contribution < -0.4 is 5.32 Å². The SMILES string of the molecule is Cc1c(C(=O)NC2CCN(CC#N)CC2)cnn1C. The van der Waals surface area contributed by atoms with E-state index in [2.05, 4.69) is 21.4 Å². The lowest BCUT2D eigenvalue weighted by molar-refractivity contribution is 0.0913. The fourth-order valence-corrected chi connectivity index (χ4v) is 2.32. The van der Waals surface area contributed by atoms with Gasteiger partial charge in [-0.25, -0.2) is 0 Å². The molecule has 2 rings (SSSR count). The van der Waals surface area contributed by atoms with E-state index in [0.717, 1.165) is 31.6 Å². The molecule has 0 radical (unpaired) electrons. The number of hydrogen-bond donors (Lipinski definition) is 1. The van der Waals surface area contributed by atoms with E-state index < -0.39 is 0 Å². The van der Waals surface area contributed by atoms with Crippen molar-refractivity contribution in [3.05, 3.63) is 17.5 Å². The van der Waals surface area contributed by atoms with Crippen molar-refractivity contribution in [3.63, 3.8) is 0 Å². The van der Waals surface area contributed by atoms with E-state index in [1.807, 2.05) is 14.0 Å². The summed E-state index contributed by atoms with van der Waals surface area (Å²) in [6, 6.07) is 2.35. The third-order valence-electron chi connectivity index (χ3n) is 3.70. The largest absolute Gasteiger partial charge is 0.349 e. The van der Waals surface area contributed by atoms with Crippen molar-refractivity contribution in [2.75, 3.05) is 19.6 Å². The first-order chi connectivity index (χ1) is 9.11. The molecule has 2 heterocycles. The van der Waals surface area contributed by atoms with E-state index in [-0.39, 0.29) is 11.9 Å². The predicted molar refractivity (Wildman–Crippen MR) is 70.5 cm³/mol. The zero-order valence-electron chi connectivity index (χ0n) is 11.4. The second kappa shape index (κ2) is 5.85. The van der Waals surface area contributed by atoms with Gasteiger partial charge in [0.25, 0.3) is 5.91 Å². The summed E-state index contributed by atoms with van der Waals surface area (Å²) in [5, 5.41) is 15.8. The Morgan fingerprint density at radius 3 is 2.79 bits per heavy atom. The first-order valence-electron chi connectivity index (χ1n) is 6.50. The standard InChI is InChI=1S/C13H19N5O/c1-10-12(9-15-17(10)2)13(19)16-11-3-6-18(7-4-11)8-5-14/h9,11H,3-4,6-8H2,1-2H3,(H,16,19). The highest BCUT2D eigenvalue weighted by Gasteiger charge is 2.22. The summed E-state index contributed by atoms with van der Waals surface area (Å²) in [4.78, 5) is 14.2. The molecule has 0 saturated carbocycles. The lowest BCUT2D eigenvalue weighted by Crippen LogP contribution is -2.44. The summed E-state index contributed by atoms with van der Waals surface area (Å²) < 4.78 is 1.70. The van der Waals surface area contributed by atoms with Gasteiger partial charge in [0.1, 0.15) is 0 Å². The second-order valence-corrected chi connectivity index (χ2v) is 4.95. The average Bonchev–Trinajstić information content (AvgIpc) is 2.73. The number of amides is 1. The molecule has 1 aromatic heterocycles. The molecule has 6 heteroatoms. The molecule has 1 aliphatic rings. The number of carbonyl (C=O) groups is 1. The summed E-state index contributed by atoms with van der Waals surface area (Å²) in [6.45, 7) is 4.09. The molecular weight excluding hydrogens is 242 g/mol. The monoisotopic (exact) mass is 261 g/mol. The predicted octanol–water partition coefficient (Wildman–Crippen LogP) is 0.446. The van der Waals surface area contributed by atoms with Crippen LogP contribution in [0.4, 0.5) is 0 Å². The first kappa shape index (κ1) is 13.6. The van der Waals surface area contributed by atoms with Gasteiger partial charge in [0.05, 0.1) is 24.4 Å². The van der Waals surface area contributed by atoms with Crippen LogP contribution in [0, 0.1) is 18.3 Å². The number of rotatable bonds is 3. The summed E-state index contributed by atoms with van der Waals surface area (Å²) >= 11 is 0. The summed E-state index contributed by atoms with van der Waals surface area (Å²) in [5.41, 5.74) is 1.52. The van der Waals surface area contributed by atoms with E-state index in [1.165, 1.54) is 0 Å². The third kappa shape index (κ3) is 3.12. The Morgan fingerprint density at radius 1 is 1.58 bits per heavy atom. The third-order valence-corrected chi connectivity index (χ3v) is 3.70. The van der Waals surface area contributed by atoms with Crippen molar-refractivity contribution < 1.29 is 4.79 Å². The highest BCUT2D eigenvalue weighted by molar-refractivity contribution is 5.95. The minimum absolute atomic E-state index is 0.0515. The van der Waals surface area contributed by atoms with Crippen LogP contribution in [0.3, 0.4) is 0 Å². The molecule has 0 aliphatic carbocycles. The van der Waals surface area contributed by atoms with Crippen LogP contribution in [-0.4, -0.2) is 46.3 Å². The van der Waals surface area contributed by atoms with Gasteiger partial charge in [0.2, 0.25) is 0 Å². The molecule has 0 aromatic carbocycles. The number of nitrogens with one attached hydrogen (secondary N) is 1. The zero-order valence-corrected chi connectivity index (χ0v) is 11.4. The highest BCUT2D eigenvalue weighted by atomic mass is 16.1. The minimum atomic E-state index is -0.0515. The van der Waals surface area contributed by atoms with Gasteiger partial charge in [-0.3, -0.25) is 14.4 Å². The van der Waals surface area contributed by atoms with E-state index >= 15 is 0 Å². The molecule has 1 aromatic rings. The number of nitriles is 1. The Kier molecular flexibility index (Phi) is 4.17. The van der Waals surface area contributed by atoms with Gasteiger partial charge in [0.15, 0.2) is 0 Å². The summed E-state index contributed by atoms with van der Waals surface area (Å²) in [5.74, 6) is -0.0515. The van der Waals surface area contributed by atoms with Crippen LogP contribution in [0.25, 0.3) is 0 Å². The van der Waals surface area contributed by atoms with Crippen LogP contribution in [0.5, 0.6) is 0 Å². The smallest absolute Gasteiger partial charge is 0.254 e. The molecule has 0 atom stereocenters. The molecule has 0 unspecified atom stereocenters. The van der Waals surface area contributed by atoms with Gasteiger partial charge in [-0.05, 0) is 19.8 Å². The van der Waals surface area contributed by atoms with Crippen LogP contribution >= 0.6 is 0 Å². The Morgan fingerprint density at radius 2 is 2.26 bits per heavy atom. The lowest BCUT2D eigenvalue weighted by Gasteiger charge is -2.30. The number of nitrogens with zero attached hydrogens (tertiary/aromatic N) is 4. The quantitative estimate of drug-likeness (QED) is 0.802. The van der Waals surface area contributed by atoms with Gasteiger partial charge in [-0.2, -0.15) is 10.4 Å². The number of carbonyl (C=O) groups excluding carboxylic acids is 1. The molecule has 1 saturated heterocycles. The number of aromatic nitrogens is 2. The van der Waals surface area contributed by atoms with Crippen molar-refractivity contribution in [2.24, 2.45) is 7.05 Å². The summed E-state index contributed by atoms with van der Waals surface area (Å²) in [6.07, 6.45) is 3.40. The van der Waals surface area contributed by atoms with Crippen molar-refractivity contribution in [1.29, 1.82) is 5.26 Å². The number of hydrogen-bond acceptors (Lipinski definition) is 4. The Balaban J connectivity index is 1.88. The van der Waals surface area contributed by atoms with Crippen LogP contribution in [0.2, 0.25) is 0 Å². The Bertz CT molecular complexity index is 494. The van der Waals surface area contributed by atoms with Gasteiger partial charge in [0, 0.05) is 31.9 Å².